The third-order valence-electron chi connectivity index (χ3n) is 4.75. The van der Waals surface area contributed by atoms with Crippen molar-refractivity contribution in [3.05, 3.63) is 22.7 Å². The highest BCUT2D eigenvalue weighted by Gasteiger charge is 2.54. The van der Waals surface area contributed by atoms with E-state index in [1.54, 1.807) is 5.92 Å². The van der Waals surface area contributed by atoms with Gasteiger partial charge in [-0.1, -0.05) is 11.6 Å². The summed E-state index contributed by atoms with van der Waals surface area (Å²) in [7, 11) is 0. The molecule has 1 aliphatic rings. The lowest BCUT2D eigenvalue weighted by molar-refractivity contribution is -0.274. The maximum absolute atomic E-state index is 13.6. The molecule has 0 unspecified atom stereocenters. The first-order chi connectivity index (χ1) is 13.2. The molecular formula is C18H15ClF5NO4. The van der Waals surface area contributed by atoms with Gasteiger partial charge in [-0.05, 0) is 43.4 Å². The maximum atomic E-state index is 13.6. The number of carboxylic acids is 1. The zero-order valence-electron chi connectivity index (χ0n) is 14.9. The van der Waals surface area contributed by atoms with E-state index < -0.39 is 66.2 Å². The molecule has 1 fully saturated rings. The molecule has 0 aromatic heterocycles. The fourth-order valence-corrected chi connectivity index (χ4v) is 3.46. The summed E-state index contributed by atoms with van der Waals surface area (Å²) in [6, 6.07) is 1.77. The van der Waals surface area contributed by atoms with Crippen molar-refractivity contribution in [1.29, 1.82) is 0 Å². The second-order valence-corrected chi connectivity index (χ2v) is 6.93. The summed E-state index contributed by atoms with van der Waals surface area (Å²) in [6.45, 7) is 1.23. The molecule has 0 radical (unpaired) electrons. The van der Waals surface area contributed by atoms with Crippen LogP contribution in [-0.2, 0) is 9.59 Å². The smallest absolute Gasteiger partial charge is 0.479 e. The highest BCUT2D eigenvalue weighted by molar-refractivity contribution is 6.33. The number of benzene rings is 1. The Labute approximate surface area is 167 Å². The fraction of sp³-hybridized carbons (Fsp3) is 0.444. The summed E-state index contributed by atoms with van der Waals surface area (Å²) in [5.41, 5.74) is -2.44. The lowest BCUT2D eigenvalue weighted by Crippen LogP contribution is -2.60. The number of hydrogen-bond acceptors (Lipinski definition) is 3. The Hall–Kier alpha value is -2.54. The predicted molar refractivity (Wildman–Crippen MR) is 93.0 cm³/mol. The van der Waals surface area contributed by atoms with Crippen molar-refractivity contribution >= 4 is 29.2 Å². The Kier molecular flexibility index (Phi) is 6.04. The van der Waals surface area contributed by atoms with Gasteiger partial charge in [0.15, 0.2) is 0 Å². The summed E-state index contributed by atoms with van der Waals surface area (Å²) in [5.74, 6) is -4.86. The molecule has 1 saturated carbocycles. The molecular weight excluding hydrogens is 425 g/mol. The first-order valence-electron chi connectivity index (χ1n) is 8.21. The number of rotatable bonds is 4. The van der Waals surface area contributed by atoms with Gasteiger partial charge in [-0.15, -0.1) is 19.6 Å². The molecule has 0 aliphatic heterocycles. The van der Waals surface area contributed by atoms with Crippen molar-refractivity contribution in [2.45, 2.75) is 50.4 Å². The van der Waals surface area contributed by atoms with Crippen molar-refractivity contribution in [2.24, 2.45) is 0 Å². The Balaban J connectivity index is 2.62. The number of carboxylic acid groups (broad SMARTS) is 1. The summed E-state index contributed by atoms with van der Waals surface area (Å²) in [6.07, 6.45) is -2.74. The standard InChI is InChI=1S/C18H15ClF5NO4/c1-3-13(26)25(16(15(27)28)6-8-17(20,21)9-7-16)11-4-5-12(14(19)10(11)2)29-18(22,23)24/h1,4-5H,6-9H2,2H3,(H,27,28). The molecule has 158 valence electrons. The minimum atomic E-state index is -5.04. The minimum Gasteiger partial charge on any atom is -0.479 e. The first-order valence-corrected chi connectivity index (χ1v) is 8.59. The number of amides is 1. The quantitative estimate of drug-likeness (QED) is 0.552. The molecule has 1 amide bonds. The van der Waals surface area contributed by atoms with Gasteiger partial charge < -0.3 is 9.84 Å². The highest BCUT2D eigenvalue weighted by atomic mass is 35.5. The van der Waals surface area contributed by atoms with E-state index in [1.165, 1.54) is 6.92 Å². The highest BCUT2D eigenvalue weighted by Crippen LogP contribution is 2.46. The largest absolute Gasteiger partial charge is 0.573 e. The van der Waals surface area contributed by atoms with Crippen molar-refractivity contribution < 1.29 is 41.4 Å². The number of nitrogens with zero attached hydrogens (tertiary/aromatic N) is 1. The zero-order chi connectivity index (χ0) is 22.2. The molecule has 0 bridgehead atoms. The van der Waals surface area contributed by atoms with Gasteiger partial charge in [0.05, 0.1) is 10.7 Å². The molecule has 1 N–H and O–H groups in total. The van der Waals surface area contributed by atoms with Crippen molar-refractivity contribution in [1.82, 2.24) is 0 Å². The number of halogens is 6. The summed E-state index contributed by atoms with van der Waals surface area (Å²) >= 11 is 5.92. The molecule has 1 aromatic carbocycles. The number of ether oxygens (including phenoxy) is 1. The van der Waals surface area contributed by atoms with Crippen LogP contribution in [0.4, 0.5) is 27.6 Å². The van der Waals surface area contributed by atoms with E-state index in [-0.39, 0.29) is 11.3 Å². The fourth-order valence-electron chi connectivity index (χ4n) is 3.26. The van der Waals surface area contributed by atoms with Crippen LogP contribution in [0.25, 0.3) is 0 Å². The number of carbonyl (C=O) groups is 2. The van der Waals surface area contributed by atoms with Gasteiger partial charge in [-0.3, -0.25) is 9.69 Å². The Bertz CT molecular complexity index is 868. The van der Waals surface area contributed by atoms with Gasteiger partial charge in [0.1, 0.15) is 11.3 Å². The summed E-state index contributed by atoms with van der Waals surface area (Å²) in [5, 5.41) is 9.26. The van der Waals surface area contributed by atoms with Crippen LogP contribution in [0, 0.1) is 19.3 Å². The average molecular weight is 440 g/mol. The zero-order valence-corrected chi connectivity index (χ0v) is 15.7. The molecule has 29 heavy (non-hydrogen) atoms. The third kappa shape index (κ3) is 4.56. The molecule has 1 aromatic rings. The van der Waals surface area contributed by atoms with Crippen molar-refractivity contribution in [2.75, 3.05) is 4.90 Å². The van der Waals surface area contributed by atoms with Crippen LogP contribution in [0.1, 0.15) is 31.2 Å². The molecule has 11 heteroatoms. The van der Waals surface area contributed by atoms with Crippen molar-refractivity contribution in [3.63, 3.8) is 0 Å². The lowest BCUT2D eigenvalue weighted by atomic mass is 9.78. The molecule has 1 aliphatic carbocycles. The molecule has 0 heterocycles. The molecule has 5 nitrogen and oxygen atoms in total. The van der Waals surface area contributed by atoms with E-state index in [0.29, 0.717) is 4.90 Å². The van der Waals surface area contributed by atoms with E-state index in [2.05, 4.69) is 4.74 Å². The van der Waals surface area contributed by atoms with Crippen molar-refractivity contribution in [3.8, 4) is 18.1 Å². The van der Waals surface area contributed by atoms with Crippen LogP contribution in [0.5, 0.6) is 5.75 Å². The number of hydrogen-bond donors (Lipinski definition) is 1. The Morgan fingerprint density at radius 1 is 1.24 bits per heavy atom. The second-order valence-electron chi connectivity index (χ2n) is 6.55. The van der Waals surface area contributed by atoms with E-state index in [9.17, 15) is 36.6 Å². The van der Waals surface area contributed by atoms with Crippen LogP contribution in [0.15, 0.2) is 12.1 Å². The summed E-state index contributed by atoms with van der Waals surface area (Å²) < 4.78 is 68.6. The predicted octanol–water partition coefficient (Wildman–Crippen LogP) is 4.55. The third-order valence-corrected chi connectivity index (χ3v) is 5.22. The maximum Gasteiger partial charge on any atom is 0.573 e. The monoisotopic (exact) mass is 439 g/mol. The average Bonchev–Trinajstić information content (AvgIpc) is 2.61. The molecule has 0 spiro atoms. The molecule has 0 saturated heterocycles. The van der Waals surface area contributed by atoms with E-state index in [4.69, 9.17) is 18.0 Å². The minimum absolute atomic E-state index is 0.130. The van der Waals surface area contributed by atoms with E-state index in [0.717, 1.165) is 12.1 Å². The van der Waals surface area contributed by atoms with Crippen LogP contribution >= 0.6 is 11.6 Å². The van der Waals surface area contributed by atoms with Crippen LogP contribution in [-0.4, -0.2) is 34.8 Å². The van der Waals surface area contributed by atoms with Gasteiger partial charge in [0.25, 0.3) is 0 Å². The van der Waals surface area contributed by atoms with Gasteiger partial charge in [-0.25, -0.2) is 13.6 Å². The van der Waals surface area contributed by atoms with Gasteiger partial charge >= 0.3 is 18.2 Å². The number of aliphatic carboxylic acids is 1. The number of anilines is 1. The second kappa shape index (κ2) is 7.71. The van der Waals surface area contributed by atoms with Crippen LogP contribution < -0.4 is 9.64 Å². The molecule has 2 rings (SSSR count). The van der Waals surface area contributed by atoms with Crippen LogP contribution in [0.3, 0.4) is 0 Å². The van der Waals surface area contributed by atoms with Crippen LogP contribution in [0.2, 0.25) is 5.02 Å². The Morgan fingerprint density at radius 3 is 2.24 bits per heavy atom. The Morgan fingerprint density at radius 2 is 1.79 bits per heavy atom. The van der Waals surface area contributed by atoms with Gasteiger partial charge in [-0.2, -0.15) is 0 Å². The van der Waals surface area contributed by atoms with E-state index >= 15 is 0 Å². The van der Waals surface area contributed by atoms with Gasteiger partial charge in [0.2, 0.25) is 5.92 Å². The SMILES string of the molecule is C#CC(=O)N(c1ccc(OC(F)(F)F)c(Cl)c1C)C1(C(=O)O)CCC(F)(F)CC1. The number of carbonyl (C=O) groups excluding carboxylic acids is 1. The van der Waals surface area contributed by atoms with Gasteiger partial charge in [0, 0.05) is 12.8 Å². The summed E-state index contributed by atoms with van der Waals surface area (Å²) in [4.78, 5) is 25.1. The van der Waals surface area contributed by atoms with E-state index in [1.807, 2.05) is 0 Å². The number of alkyl halides is 5. The topological polar surface area (TPSA) is 66.8 Å². The normalized spacial score (nSPS) is 17.9. The number of terminal acetylenes is 1. The molecule has 0 atom stereocenters. The first kappa shape index (κ1) is 22.7. The lowest BCUT2D eigenvalue weighted by Gasteiger charge is -2.44.